The molecule has 122 valence electrons. The second-order valence-corrected chi connectivity index (χ2v) is 5.77. The standard InChI is InChI=1S/C18H17N3O2S/c1-3-20-16(22)14(17(23)21(4-2)18(20)24)10-12-9-13-7-5-6-8-15(13)19-11-12/h5-11H,3-4H2,1-2H3. The van der Waals surface area contributed by atoms with E-state index < -0.39 is 0 Å². The summed E-state index contributed by atoms with van der Waals surface area (Å²) in [7, 11) is 0. The number of amides is 2. The number of aromatic nitrogens is 1. The molecule has 1 aliphatic heterocycles. The van der Waals surface area contributed by atoms with Gasteiger partial charge in [-0.2, -0.15) is 0 Å². The van der Waals surface area contributed by atoms with E-state index in [1.807, 2.05) is 44.2 Å². The third kappa shape index (κ3) is 2.69. The minimum Gasteiger partial charge on any atom is -0.285 e. The van der Waals surface area contributed by atoms with Crippen molar-refractivity contribution in [2.24, 2.45) is 0 Å². The predicted molar refractivity (Wildman–Crippen MR) is 97.1 cm³/mol. The molecular formula is C18H17N3O2S. The van der Waals surface area contributed by atoms with Crippen LogP contribution >= 0.6 is 12.2 Å². The van der Waals surface area contributed by atoms with Crippen LogP contribution in [0, 0.1) is 0 Å². The maximum atomic E-state index is 12.6. The van der Waals surface area contributed by atoms with Gasteiger partial charge >= 0.3 is 0 Å². The zero-order valence-corrected chi connectivity index (χ0v) is 14.3. The summed E-state index contributed by atoms with van der Waals surface area (Å²) in [6, 6.07) is 9.62. The van der Waals surface area contributed by atoms with Crippen molar-refractivity contribution >= 4 is 46.1 Å². The van der Waals surface area contributed by atoms with Gasteiger partial charge in [0.25, 0.3) is 11.8 Å². The van der Waals surface area contributed by atoms with Gasteiger partial charge in [-0.05, 0) is 49.8 Å². The Bertz CT molecular complexity index is 847. The number of fused-ring (bicyclic) bond motifs is 1. The summed E-state index contributed by atoms with van der Waals surface area (Å²) in [5.74, 6) is -0.712. The average molecular weight is 339 g/mol. The number of rotatable bonds is 3. The van der Waals surface area contributed by atoms with E-state index in [0.717, 1.165) is 10.9 Å². The molecule has 0 spiro atoms. The Labute approximate surface area is 145 Å². The van der Waals surface area contributed by atoms with Crippen LogP contribution in [0.4, 0.5) is 0 Å². The number of carbonyl (C=O) groups excluding carboxylic acids is 2. The van der Waals surface area contributed by atoms with Crippen LogP contribution in [0.5, 0.6) is 0 Å². The van der Waals surface area contributed by atoms with Gasteiger partial charge in [-0.25, -0.2) is 0 Å². The first kappa shape index (κ1) is 16.3. The molecule has 0 unspecified atom stereocenters. The fourth-order valence-corrected chi connectivity index (χ4v) is 3.14. The van der Waals surface area contributed by atoms with Crippen LogP contribution in [-0.4, -0.2) is 44.8 Å². The van der Waals surface area contributed by atoms with Gasteiger partial charge in [0.1, 0.15) is 5.57 Å². The van der Waals surface area contributed by atoms with E-state index in [-0.39, 0.29) is 22.5 Å². The fraction of sp³-hybridized carbons (Fsp3) is 0.222. The number of pyridine rings is 1. The van der Waals surface area contributed by atoms with E-state index in [1.54, 1.807) is 12.3 Å². The van der Waals surface area contributed by atoms with Crippen LogP contribution in [0.25, 0.3) is 17.0 Å². The number of benzene rings is 1. The van der Waals surface area contributed by atoms with E-state index in [9.17, 15) is 9.59 Å². The van der Waals surface area contributed by atoms with Gasteiger partial charge in [0.05, 0.1) is 5.52 Å². The summed E-state index contributed by atoms with van der Waals surface area (Å²) < 4.78 is 0. The maximum Gasteiger partial charge on any atom is 0.265 e. The monoisotopic (exact) mass is 339 g/mol. The Balaban J connectivity index is 2.06. The lowest BCUT2D eigenvalue weighted by Crippen LogP contribution is -2.55. The van der Waals surface area contributed by atoms with Crippen molar-refractivity contribution in [1.82, 2.24) is 14.8 Å². The first-order valence-corrected chi connectivity index (χ1v) is 8.21. The molecule has 1 fully saturated rings. The maximum absolute atomic E-state index is 12.6. The Morgan fingerprint density at radius 2 is 1.71 bits per heavy atom. The summed E-state index contributed by atoms with van der Waals surface area (Å²) >= 11 is 5.25. The molecule has 24 heavy (non-hydrogen) atoms. The number of carbonyl (C=O) groups is 2. The number of para-hydroxylation sites is 1. The van der Waals surface area contributed by atoms with Gasteiger partial charge in [0, 0.05) is 24.7 Å². The van der Waals surface area contributed by atoms with E-state index in [4.69, 9.17) is 12.2 Å². The van der Waals surface area contributed by atoms with Crippen molar-refractivity contribution in [2.75, 3.05) is 13.1 Å². The van der Waals surface area contributed by atoms with Crippen LogP contribution in [0.2, 0.25) is 0 Å². The molecule has 1 aromatic carbocycles. The van der Waals surface area contributed by atoms with Crippen molar-refractivity contribution in [3.63, 3.8) is 0 Å². The summed E-state index contributed by atoms with van der Waals surface area (Å²) in [6.45, 7) is 4.52. The fourth-order valence-electron chi connectivity index (χ4n) is 2.72. The molecule has 0 aliphatic carbocycles. The van der Waals surface area contributed by atoms with Crippen LogP contribution < -0.4 is 0 Å². The van der Waals surface area contributed by atoms with Gasteiger partial charge in [-0.3, -0.25) is 24.4 Å². The molecule has 2 heterocycles. The summed E-state index contributed by atoms with van der Waals surface area (Å²) in [5, 5.41) is 1.22. The second-order valence-electron chi connectivity index (χ2n) is 5.40. The highest BCUT2D eigenvalue weighted by Crippen LogP contribution is 2.21. The Morgan fingerprint density at radius 1 is 1.08 bits per heavy atom. The zero-order valence-electron chi connectivity index (χ0n) is 13.5. The van der Waals surface area contributed by atoms with Gasteiger partial charge in [-0.15, -0.1) is 0 Å². The first-order valence-electron chi connectivity index (χ1n) is 7.81. The van der Waals surface area contributed by atoms with E-state index in [2.05, 4.69) is 4.98 Å². The SMILES string of the molecule is CCN1C(=O)C(=Cc2cnc3ccccc3c2)C(=O)N(CC)C1=S. The average Bonchev–Trinajstić information content (AvgIpc) is 2.59. The molecule has 1 aromatic heterocycles. The van der Waals surface area contributed by atoms with E-state index >= 15 is 0 Å². The minimum absolute atomic E-state index is 0.115. The number of nitrogens with zero attached hydrogens (tertiary/aromatic N) is 3. The van der Waals surface area contributed by atoms with E-state index in [1.165, 1.54) is 9.80 Å². The minimum atomic E-state index is -0.356. The smallest absolute Gasteiger partial charge is 0.265 e. The molecule has 1 saturated heterocycles. The highest BCUT2D eigenvalue weighted by Gasteiger charge is 2.37. The molecule has 3 rings (SSSR count). The van der Waals surface area contributed by atoms with Gasteiger partial charge < -0.3 is 0 Å². The van der Waals surface area contributed by atoms with Gasteiger partial charge in [0.15, 0.2) is 5.11 Å². The van der Waals surface area contributed by atoms with E-state index in [0.29, 0.717) is 18.7 Å². The normalized spacial score (nSPS) is 15.4. The van der Waals surface area contributed by atoms with Crippen LogP contribution in [0.3, 0.4) is 0 Å². The molecule has 2 aromatic rings. The lowest BCUT2D eigenvalue weighted by molar-refractivity contribution is -0.133. The summed E-state index contributed by atoms with van der Waals surface area (Å²) in [5.41, 5.74) is 1.70. The lowest BCUT2D eigenvalue weighted by atomic mass is 10.1. The molecule has 2 amide bonds. The molecule has 0 atom stereocenters. The summed E-state index contributed by atoms with van der Waals surface area (Å²) in [4.78, 5) is 32.5. The molecule has 0 bridgehead atoms. The van der Waals surface area contributed by atoms with Gasteiger partial charge in [0.2, 0.25) is 0 Å². The molecule has 6 heteroatoms. The predicted octanol–water partition coefficient (Wildman–Crippen LogP) is 2.61. The van der Waals surface area contributed by atoms with Crippen LogP contribution in [0.1, 0.15) is 19.4 Å². The largest absolute Gasteiger partial charge is 0.285 e. The van der Waals surface area contributed by atoms with Crippen molar-refractivity contribution in [3.8, 4) is 0 Å². The third-order valence-corrected chi connectivity index (χ3v) is 4.41. The highest BCUT2D eigenvalue weighted by atomic mass is 32.1. The Morgan fingerprint density at radius 3 is 2.33 bits per heavy atom. The Kier molecular flexibility index (Phi) is 4.40. The number of hydrogen-bond acceptors (Lipinski definition) is 4. The number of likely N-dealkylation sites (N-methyl/N-ethyl adjacent to an activating group) is 2. The topological polar surface area (TPSA) is 53.5 Å². The van der Waals surface area contributed by atoms with Crippen molar-refractivity contribution < 1.29 is 9.59 Å². The third-order valence-electron chi connectivity index (χ3n) is 3.97. The van der Waals surface area contributed by atoms with Gasteiger partial charge in [-0.1, -0.05) is 18.2 Å². The number of hydrogen-bond donors (Lipinski definition) is 0. The van der Waals surface area contributed by atoms with Crippen LogP contribution in [-0.2, 0) is 9.59 Å². The molecule has 1 aliphatic rings. The van der Waals surface area contributed by atoms with Crippen molar-refractivity contribution in [2.45, 2.75) is 13.8 Å². The molecule has 0 radical (unpaired) electrons. The highest BCUT2D eigenvalue weighted by molar-refractivity contribution is 7.80. The lowest BCUT2D eigenvalue weighted by Gasteiger charge is -2.35. The Hall–Kier alpha value is -2.60. The number of thiocarbonyl (C=S) groups is 1. The van der Waals surface area contributed by atoms with Crippen molar-refractivity contribution in [3.05, 3.63) is 47.7 Å². The second kappa shape index (κ2) is 6.49. The quantitative estimate of drug-likeness (QED) is 0.490. The van der Waals surface area contributed by atoms with Crippen LogP contribution in [0.15, 0.2) is 42.1 Å². The van der Waals surface area contributed by atoms with Crippen molar-refractivity contribution in [1.29, 1.82) is 0 Å². The first-order chi connectivity index (χ1) is 11.6. The molecule has 0 N–H and O–H groups in total. The summed E-state index contributed by atoms with van der Waals surface area (Å²) in [6.07, 6.45) is 3.26. The molecule has 5 nitrogen and oxygen atoms in total. The molecule has 0 saturated carbocycles. The zero-order chi connectivity index (χ0) is 17.3. The molecular weight excluding hydrogens is 322 g/mol.